The molecule has 0 aromatic heterocycles. The number of halogens is 3. The van der Waals surface area contributed by atoms with Gasteiger partial charge in [0.1, 0.15) is 0 Å². The summed E-state index contributed by atoms with van der Waals surface area (Å²) in [6.45, 7) is 9.56. The maximum Gasteiger partial charge on any atom is 0.495 e. The third-order valence-corrected chi connectivity index (χ3v) is 4.73. The number of rotatable bonds is 4. The average Bonchev–Trinajstić information content (AvgIpc) is 2.63. The fraction of sp³-hybridized carbons (Fsp3) is 0.588. The number of carbonyl (C=O) groups excluding carboxylic acids is 1. The highest BCUT2D eigenvalue weighted by molar-refractivity contribution is 6.62. The van der Waals surface area contributed by atoms with Crippen molar-refractivity contribution in [3.8, 4) is 0 Å². The van der Waals surface area contributed by atoms with E-state index in [0.717, 1.165) is 11.0 Å². The van der Waals surface area contributed by atoms with Crippen molar-refractivity contribution >= 4 is 18.4 Å². The number of hydrogen-bond acceptors (Lipinski definition) is 3. The SMILES string of the molecule is Cc1cc(C(=O)CCC(F)(F)F)ccc1B1OC(C)(C)C(C)(C)O1. The number of Topliss-reactive ketones (excluding diaryl/α,β-unsaturated/α-hetero) is 1. The summed E-state index contributed by atoms with van der Waals surface area (Å²) in [6.07, 6.45) is -5.98. The Bertz CT molecular complexity index is 622. The maximum atomic E-state index is 12.2. The van der Waals surface area contributed by atoms with Gasteiger partial charge in [0, 0.05) is 12.0 Å². The Morgan fingerprint density at radius 3 is 2.12 bits per heavy atom. The first kappa shape index (κ1) is 19.0. The van der Waals surface area contributed by atoms with Gasteiger partial charge in [0.05, 0.1) is 17.6 Å². The van der Waals surface area contributed by atoms with Crippen molar-refractivity contribution in [1.82, 2.24) is 0 Å². The molecule has 132 valence electrons. The molecule has 7 heteroatoms. The lowest BCUT2D eigenvalue weighted by molar-refractivity contribution is -0.133. The molecule has 1 aliphatic heterocycles. The molecule has 0 atom stereocenters. The highest BCUT2D eigenvalue weighted by atomic mass is 19.4. The van der Waals surface area contributed by atoms with Crippen LogP contribution in [-0.4, -0.2) is 30.3 Å². The molecule has 2 rings (SSSR count). The van der Waals surface area contributed by atoms with Crippen LogP contribution in [0.15, 0.2) is 18.2 Å². The zero-order valence-electron chi connectivity index (χ0n) is 14.6. The number of aryl methyl sites for hydroxylation is 1. The van der Waals surface area contributed by atoms with Crippen LogP contribution < -0.4 is 5.46 Å². The molecule has 1 saturated heterocycles. The summed E-state index contributed by atoms with van der Waals surface area (Å²) >= 11 is 0. The third kappa shape index (κ3) is 4.01. The highest BCUT2D eigenvalue weighted by Gasteiger charge is 2.52. The predicted octanol–water partition coefficient (Wildman–Crippen LogP) is 3.82. The summed E-state index contributed by atoms with van der Waals surface area (Å²) in [6, 6.07) is 4.82. The predicted molar refractivity (Wildman–Crippen MR) is 86.5 cm³/mol. The second kappa shape index (κ2) is 6.19. The van der Waals surface area contributed by atoms with Gasteiger partial charge in [-0.1, -0.05) is 17.7 Å². The molecule has 1 aromatic carbocycles. The Labute approximate surface area is 140 Å². The van der Waals surface area contributed by atoms with Gasteiger partial charge < -0.3 is 9.31 Å². The Hall–Kier alpha value is -1.34. The monoisotopic (exact) mass is 342 g/mol. The fourth-order valence-corrected chi connectivity index (χ4v) is 2.48. The standard InChI is InChI=1S/C17H22BF3O3/c1-11-10-12(14(22)8-9-17(19,20)21)6-7-13(11)18-23-15(2,3)16(4,5)24-18/h6-7,10H,8-9H2,1-5H3. The number of alkyl halides is 3. The quantitative estimate of drug-likeness (QED) is 0.616. The largest absolute Gasteiger partial charge is 0.495 e. The molecule has 1 heterocycles. The molecule has 1 aromatic rings. The summed E-state index contributed by atoms with van der Waals surface area (Å²) in [5.74, 6) is -0.518. The van der Waals surface area contributed by atoms with Crippen LogP contribution in [0.5, 0.6) is 0 Å². The summed E-state index contributed by atoms with van der Waals surface area (Å²) in [7, 11) is -0.561. The zero-order valence-corrected chi connectivity index (χ0v) is 14.6. The van der Waals surface area contributed by atoms with Crippen LogP contribution >= 0.6 is 0 Å². The van der Waals surface area contributed by atoms with Gasteiger partial charge in [-0.2, -0.15) is 13.2 Å². The molecule has 1 aliphatic rings. The lowest BCUT2D eigenvalue weighted by Gasteiger charge is -2.32. The number of carbonyl (C=O) groups is 1. The molecule has 24 heavy (non-hydrogen) atoms. The topological polar surface area (TPSA) is 35.5 Å². The van der Waals surface area contributed by atoms with E-state index in [4.69, 9.17) is 9.31 Å². The molecule has 0 saturated carbocycles. The second-order valence-electron chi connectivity index (χ2n) is 7.20. The van der Waals surface area contributed by atoms with Gasteiger partial charge in [0.15, 0.2) is 5.78 Å². The first-order valence-corrected chi connectivity index (χ1v) is 7.88. The average molecular weight is 342 g/mol. The van der Waals surface area contributed by atoms with Crippen molar-refractivity contribution in [2.24, 2.45) is 0 Å². The van der Waals surface area contributed by atoms with Crippen molar-refractivity contribution in [3.05, 3.63) is 29.3 Å². The van der Waals surface area contributed by atoms with Gasteiger partial charge in [0.2, 0.25) is 0 Å². The van der Waals surface area contributed by atoms with Crippen molar-refractivity contribution in [2.45, 2.75) is 64.8 Å². The Morgan fingerprint density at radius 1 is 1.12 bits per heavy atom. The van der Waals surface area contributed by atoms with Gasteiger partial charge in [-0.25, -0.2) is 0 Å². The van der Waals surface area contributed by atoms with Crippen molar-refractivity contribution in [3.63, 3.8) is 0 Å². The molecule has 1 fully saturated rings. The van der Waals surface area contributed by atoms with E-state index in [0.29, 0.717) is 0 Å². The van der Waals surface area contributed by atoms with E-state index in [-0.39, 0.29) is 5.56 Å². The lowest BCUT2D eigenvalue weighted by Crippen LogP contribution is -2.41. The van der Waals surface area contributed by atoms with E-state index in [9.17, 15) is 18.0 Å². The van der Waals surface area contributed by atoms with Gasteiger partial charge in [-0.15, -0.1) is 0 Å². The van der Waals surface area contributed by atoms with Crippen LogP contribution in [0, 0.1) is 6.92 Å². The van der Waals surface area contributed by atoms with Crippen LogP contribution in [0.2, 0.25) is 0 Å². The molecule has 3 nitrogen and oxygen atoms in total. The van der Waals surface area contributed by atoms with Gasteiger partial charge >= 0.3 is 13.3 Å². The van der Waals surface area contributed by atoms with Gasteiger partial charge in [-0.3, -0.25) is 4.79 Å². The normalized spacial score (nSPS) is 19.6. The smallest absolute Gasteiger partial charge is 0.399 e. The van der Waals surface area contributed by atoms with E-state index in [2.05, 4.69) is 0 Å². The molecule has 0 aliphatic carbocycles. The van der Waals surface area contributed by atoms with E-state index in [1.54, 1.807) is 19.1 Å². The Balaban J connectivity index is 2.15. The first-order chi connectivity index (χ1) is 10.8. The van der Waals surface area contributed by atoms with Crippen LogP contribution in [-0.2, 0) is 9.31 Å². The molecule has 0 amide bonds. The Morgan fingerprint density at radius 2 is 1.67 bits per heavy atom. The minimum atomic E-state index is -4.33. The number of hydrogen-bond donors (Lipinski definition) is 0. The molecular formula is C17H22BF3O3. The molecule has 0 spiro atoms. The van der Waals surface area contributed by atoms with Gasteiger partial charge in [0.25, 0.3) is 0 Å². The van der Waals surface area contributed by atoms with E-state index in [1.807, 2.05) is 27.7 Å². The number of benzene rings is 1. The highest BCUT2D eigenvalue weighted by Crippen LogP contribution is 2.36. The summed E-state index contributed by atoms with van der Waals surface area (Å²) in [5.41, 5.74) is 0.848. The number of ketones is 1. The van der Waals surface area contributed by atoms with E-state index in [1.165, 1.54) is 6.07 Å². The van der Waals surface area contributed by atoms with Crippen LogP contribution in [0.4, 0.5) is 13.2 Å². The zero-order chi connectivity index (χ0) is 18.3. The minimum Gasteiger partial charge on any atom is -0.399 e. The van der Waals surface area contributed by atoms with Crippen molar-refractivity contribution < 1.29 is 27.3 Å². The lowest BCUT2D eigenvalue weighted by atomic mass is 9.75. The molecule has 0 bridgehead atoms. The molecule has 0 radical (unpaired) electrons. The van der Waals surface area contributed by atoms with Crippen LogP contribution in [0.3, 0.4) is 0 Å². The van der Waals surface area contributed by atoms with Crippen molar-refractivity contribution in [2.75, 3.05) is 0 Å². The summed E-state index contributed by atoms with van der Waals surface area (Å²) < 4.78 is 48.7. The van der Waals surface area contributed by atoms with Gasteiger partial charge in [-0.05, 0) is 46.1 Å². The van der Waals surface area contributed by atoms with Crippen LogP contribution in [0.25, 0.3) is 0 Å². The molecule has 0 unspecified atom stereocenters. The second-order valence-corrected chi connectivity index (χ2v) is 7.20. The summed E-state index contributed by atoms with van der Waals surface area (Å²) in [5, 5.41) is 0. The fourth-order valence-electron chi connectivity index (χ4n) is 2.48. The minimum absolute atomic E-state index is 0.275. The molecular weight excluding hydrogens is 320 g/mol. The van der Waals surface area contributed by atoms with Crippen LogP contribution in [0.1, 0.15) is 56.5 Å². The van der Waals surface area contributed by atoms with E-state index >= 15 is 0 Å². The van der Waals surface area contributed by atoms with Crippen molar-refractivity contribution in [1.29, 1.82) is 0 Å². The first-order valence-electron chi connectivity index (χ1n) is 7.88. The van der Waals surface area contributed by atoms with E-state index < -0.39 is 43.1 Å². The third-order valence-electron chi connectivity index (χ3n) is 4.73. The molecule has 0 N–H and O–H groups in total. The maximum absolute atomic E-state index is 12.2. The Kier molecular flexibility index (Phi) is 4.90. The summed E-state index contributed by atoms with van der Waals surface area (Å²) in [4.78, 5) is 11.9.